The standard InChI is InChI=1S/C14H19N5O3/c1-9-7-10(2)16-14(15-9)17-19-12(20)8-11(13(19)21)18-3-5-22-6-4-18/h7,11H,3-6,8H2,1-2H3,(H,15,16,17)/t11-/m0/s1. The monoisotopic (exact) mass is 305 g/mol. The summed E-state index contributed by atoms with van der Waals surface area (Å²) in [6.45, 7) is 6.18. The Hall–Kier alpha value is -2.06. The predicted molar refractivity (Wildman–Crippen MR) is 77.8 cm³/mol. The van der Waals surface area contributed by atoms with Gasteiger partial charge in [0.25, 0.3) is 5.91 Å². The molecule has 1 atom stereocenters. The lowest BCUT2D eigenvalue weighted by Gasteiger charge is -2.30. The van der Waals surface area contributed by atoms with Crippen LogP contribution in [-0.4, -0.2) is 64.0 Å². The zero-order chi connectivity index (χ0) is 15.7. The van der Waals surface area contributed by atoms with Crippen LogP contribution in [0.2, 0.25) is 0 Å². The summed E-state index contributed by atoms with van der Waals surface area (Å²) in [5.41, 5.74) is 4.30. The van der Waals surface area contributed by atoms with Crippen LogP contribution in [-0.2, 0) is 14.3 Å². The van der Waals surface area contributed by atoms with Crippen molar-refractivity contribution in [1.82, 2.24) is 19.9 Å². The summed E-state index contributed by atoms with van der Waals surface area (Å²) >= 11 is 0. The highest BCUT2D eigenvalue weighted by molar-refractivity contribution is 6.06. The van der Waals surface area contributed by atoms with Crippen molar-refractivity contribution in [2.24, 2.45) is 0 Å². The average molecular weight is 305 g/mol. The van der Waals surface area contributed by atoms with Gasteiger partial charge in [0, 0.05) is 24.5 Å². The van der Waals surface area contributed by atoms with E-state index in [1.807, 2.05) is 24.8 Å². The molecule has 0 unspecified atom stereocenters. The molecular weight excluding hydrogens is 286 g/mol. The highest BCUT2D eigenvalue weighted by Gasteiger charge is 2.43. The molecule has 0 aromatic carbocycles. The number of anilines is 1. The van der Waals surface area contributed by atoms with E-state index in [2.05, 4.69) is 15.4 Å². The normalized spacial score (nSPS) is 23.2. The van der Waals surface area contributed by atoms with Crippen LogP contribution in [0, 0.1) is 13.8 Å². The molecular formula is C14H19N5O3. The third kappa shape index (κ3) is 2.93. The third-order valence-corrected chi connectivity index (χ3v) is 3.80. The Labute approximate surface area is 128 Å². The van der Waals surface area contributed by atoms with Crippen molar-refractivity contribution < 1.29 is 14.3 Å². The Morgan fingerprint density at radius 1 is 1.18 bits per heavy atom. The van der Waals surface area contributed by atoms with Gasteiger partial charge in [-0.15, -0.1) is 0 Å². The third-order valence-electron chi connectivity index (χ3n) is 3.80. The number of amides is 2. The number of carbonyl (C=O) groups is 2. The number of morpholine rings is 1. The number of rotatable bonds is 3. The maximum atomic E-state index is 12.5. The van der Waals surface area contributed by atoms with Crippen LogP contribution in [0.3, 0.4) is 0 Å². The van der Waals surface area contributed by atoms with E-state index < -0.39 is 6.04 Å². The molecule has 0 aliphatic carbocycles. The van der Waals surface area contributed by atoms with E-state index in [4.69, 9.17) is 4.74 Å². The number of nitrogens with one attached hydrogen (secondary N) is 1. The van der Waals surface area contributed by atoms with Crippen molar-refractivity contribution >= 4 is 17.8 Å². The lowest BCUT2D eigenvalue weighted by Crippen LogP contribution is -2.48. The Kier molecular flexibility index (Phi) is 4.04. The van der Waals surface area contributed by atoms with Gasteiger partial charge in [0.1, 0.15) is 6.04 Å². The van der Waals surface area contributed by atoms with Crippen molar-refractivity contribution in [2.45, 2.75) is 26.3 Å². The van der Waals surface area contributed by atoms with Gasteiger partial charge < -0.3 is 4.74 Å². The molecule has 3 heterocycles. The van der Waals surface area contributed by atoms with Crippen LogP contribution in [0.1, 0.15) is 17.8 Å². The summed E-state index contributed by atoms with van der Waals surface area (Å²) in [6, 6.07) is 1.41. The maximum absolute atomic E-state index is 12.5. The number of aromatic nitrogens is 2. The lowest BCUT2D eigenvalue weighted by atomic mass is 10.2. The zero-order valence-electron chi connectivity index (χ0n) is 12.7. The molecule has 1 N–H and O–H groups in total. The largest absolute Gasteiger partial charge is 0.379 e. The maximum Gasteiger partial charge on any atom is 0.266 e. The van der Waals surface area contributed by atoms with Gasteiger partial charge in [-0.3, -0.25) is 19.9 Å². The van der Waals surface area contributed by atoms with Crippen molar-refractivity contribution in [3.05, 3.63) is 17.5 Å². The Balaban J connectivity index is 1.73. The van der Waals surface area contributed by atoms with Gasteiger partial charge in [-0.25, -0.2) is 9.97 Å². The van der Waals surface area contributed by atoms with E-state index in [1.165, 1.54) is 0 Å². The molecule has 22 heavy (non-hydrogen) atoms. The van der Waals surface area contributed by atoms with Crippen molar-refractivity contribution in [1.29, 1.82) is 0 Å². The molecule has 1 aromatic rings. The van der Waals surface area contributed by atoms with Gasteiger partial charge in [-0.2, -0.15) is 5.01 Å². The number of hydrazine groups is 1. The fourth-order valence-electron chi connectivity index (χ4n) is 2.78. The summed E-state index contributed by atoms with van der Waals surface area (Å²) < 4.78 is 5.28. The smallest absolute Gasteiger partial charge is 0.266 e. The van der Waals surface area contributed by atoms with Crippen molar-refractivity contribution in [2.75, 3.05) is 31.7 Å². The summed E-state index contributed by atoms with van der Waals surface area (Å²) in [5, 5.41) is 1.04. The first-order chi connectivity index (χ1) is 10.5. The summed E-state index contributed by atoms with van der Waals surface area (Å²) in [6.07, 6.45) is 0.177. The minimum Gasteiger partial charge on any atom is -0.379 e. The molecule has 1 aromatic heterocycles. The number of aryl methyl sites for hydroxylation is 2. The van der Waals surface area contributed by atoms with Crippen LogP contribution in [0.5, 0.6) is 0 Å². The van der Waals surface area contributed by atoms with Crippen LogP contribution < -0.4 is 5.43 Å². The fourth-order valence-corrected chi connectivity index (χ4v) is 2.78. The van der Waals surface area contributed by atoms with Crippen molar-refractivity contribution in [3.8, 4) is 0 Å². The first kappa shape index (κ1) is 14.9. The average Bonchev–Trinajstić information content (AvgIpc) is 2.75. The molecule has 0 spiro atoms. The van der Waals surface area contributed by atoms with Crippen LogP contribution in [0.4, 0.5) is 5.95 Å². The van der Waals surface area contributed by atoms with Crippen molar-refractivity contribution in [3.63, 3.8) is 0 Å². The molecule has 3 rings (SSSR count). The second-order valence-corrected chi connectivity index (χ2v) is 5.52. The van der Waals surface area contributed by atoms with Crippen LogP contribution in [0.15, 0.2) is 6.07 Å². The highest BCUT2D eigenvalue weighted by atomic mass is 16.5. The molecule has 0 bridgehead atoms. The highest BCUT2D eigenvalue weighted by Crippen LogP contribution is 2.20. The number of nitrogens with zero attached hydrogens (tertiary/aromatic N) is 4. The summed E-state index contributed by atoms with van der Waals surface area (Å²) in [4.78, 5) is 35.0. The zero-order valence-corrected chi connectivity index (χ0v) is 12.7. The topological polar surface area (TPSA) is 87.7 Å². The molecule has 2 fully saturated rings. The molecule has 2 amide bonds. The number of imide groups is 1. The number of ether oxygens (including phenoxy) is 1. The van der Waals surface area contributed by atoms with Gasteiger partial charge in [-0.05, 0) is 19.9 Å². The number of hydrogen-bond donors (Lipinski definition) is 1. The molecule has 2 aliphatic rings. The quantitative estimate of drug-likeness (QED) is 0.779. The Bertz CT molecular complexity index is 580. The molecule has 8 heteroatoms. The molecule has 0 radical (unpaired) electrons. The summed E-state index contributed by atoms with van der Waals surface area (Å²) in [5.74, 6) is -0.249. The van der Waals surface area contributed by atoms with E-state index in [1.54, 1.807) is 0 Å². The SMILES string of the molecule is Cc1cc(C)nc(NN2C(=O)C[C@H](N3CCOCC3)C2=O)n1. The van der Waals surface area contributed by atoms with Gasteiger partial charge in [0.05, 0.1) is 19.6 Å². The first-order valence-electron chi connectivity index (χ1n) is 7.32. The minimum absolute atomic E-state index is 0.177. The molecule has 8 nitrogen and oxygen atoms in total. The second-order valence-electron chi connectivity index (χ2n) is 5.52. The van der Waals surface area contributed by atoms with E-state index in [0.29, 0.717) is 26.3 Å². The first-order valence-corrected chi connectivity index (χ1v) is 7.32. The van der Waals surface area contributed by atoms with Crippen LogP contribution >= 0.6 is 0 Å². The molecule has 2 saturated heterocycles. The Morgan fingerprint density at radius 3 is 2.45 bits per heavy atom. The minimum atomic E-state index is -0.421. The van der Waals surface area contributed by atoms with Gasteiger partial charge >= 0.3 is 0 Å². The fraction of sp³-hybridized carbons (Fsp3) is 0.571. The van der Waals surface area contributed by atoms with E-state index in [0.717, 1.165) is 16.4 Å². The van der Waals surface area contributed by atoms with Crippen LogP contribution in [0.25, 0.3) is 0 Å². The predicted octanol–water partition coefficient (Wildman–Crippen LogP) is -0.120. The van der Waals surface area contributed by atoms with Gasteiger partial charge in [-0.1, -0.05) is 0 Å². The molecule has 0 saturated carbocycles. The van der Waals surface area contributed by atoms with E-state index in [-0.39, 0.29) is 24.2 Å². The summed E-state index contributed by atoms with van der Waals surface area (Å²) in [7, 11) is 0. The number of hydrogen-bond acceptors (Lipinski definition) is 7. The molecule has 2 aliphatic heterocycles. The number of carbonyl (C=O) groups excluding carboxylic acids is 2. The molecule has 118 valence electrons. The lowest BCUT2D eigenvalue weighted by molar-refractivity contribution is -0.138. The van der Waals surface area contributed by atoms with Gasteiger partial charge in [0.15, 0.2) is 0 Å². The van der Waals surface area contributed by atoms with E-state index >= 15 is 0 Å². The second kappa shape index (κ2) is 5.98. The van der Waals surface area contributed by atoms with Gasteiger partial charge in [0.2, 0.25) is 11.9 Å². The van der Waals surface area contributed by atoms with E-state index in [9.17, 15) is 9.59 Å². The Morgan fingerprint density at radius 2 is 1.82 bits per heavy atom.